The van der Waals surface area contributed by atoms with Crippen LogP contribution < -0.4 is 0 Å². The van der Waals surface area contributed by atoms with Crippen molar-refractivity contribution in [2.45, 2.75) is 98.8 Å². The van der Waals surface area contributed by atoms with Gasteiger partial charge in [-0.05, 0) is 76.1 Å². The molecule has 0 aliphatic heterocycles. The van der Waals surface area contributed by atoms with Crippen LogP contribution in [-0.4, -0.2) is 11.4 Å². The molecule has 0 amide bonds. The van der Waals surface area contributed by atoms with Crippen LogP contribution in [0, 0.1) is 0 Å². The normalized spacial score (nSPS) is 15.0. The highest BCUT2D eigenvalue weighted by Gasteiger charge is 2.34. The fourth-order valence-corrected chi connectivity index (χ4v) is 7.11. The maximum atomic E-state index is 6.41. The number of nitrogens with zero attached hydrogens (tertiary/aromatic N) is 2. The van der Waals surface area contributed by atoms with Crippen molar-refractivity contribution in [3.05, 3.63) is 103 Å². The zero-order chi connectivity index (χ0) is 32.0. The predicted molar refractivity (Wildman–Crippen MR) is 195 cm³/mol. The van der Waals surface area contributed by atoms with Gasteiger partial charge in [-0.2, -0.15) is 0 Å². The maximum Gasteiger partial charge on any atom is 0.144 e. The SMILES string of the molecule is CC(C)c1cc(Br)cc(C(C)C)c1/N=C1/C(=N/c2c(C(C)C)cc(Br)cc2C(C)C)c2c(C(C)C)coc2-c2ccccc21. The standard InChI is InChI=1S/C39H44Br2N2O/c1-20(2)29-15-25(40)16-30(21(3)4)35(29)42-37-27-13-11-12-14-28(27)39-34(33(19-44-39)24(9)10)38(37)43-36-31(22(5)6)17-26(41)18-32(36)23(7)8/h11-24H,1-10H3/b42-37+,43-38+. The molecule has 0 N–H and O–H groups in total. The number of aliphatic imine (C=N–C) groups is 2. The molecule has 0 atom stereocenters. The molecular formula is C39H44Br2N2O. The van der Waals surface area contributed by atoms with Crippen molar-refractivity contribution >= 4 is 54.7 Å². The Kier molecular flexibility index (Phi) is 9.58. The number of hydrogen-bond donors (Lipinski definition) is 0. The summed E-state index contributed by atoms with van der Waals surface area (Å²) in [5, 5.41) is 0. The summed E-state index contributed by atoms with van der Waals surface area (Å²) in [6.45, 7) is 22.4. The molecule has 3 nitrogen and oxygen atoms in total. The molecule has 3 aromatic carbocycles. The lowest BCUT2D eigenvalue weighted by molar-refractivity contribution is 0.575. The summed E-state index contributed by atoms with van der Waals surface area (Å²) in [6, 6.07) is 17.4. The fraction of sp³-hybridized carbons (Fsp3) is 0.385. The van der Waals surface area contributed by atoms with Gasteiger partial charge in [0, 0.05) is 25.6 Å². The summed E-state index contributed by atoms with van der Waals surface area (Å²) in [6.07, 6.45) is 1.93. The Balaban J connectivity index is 1.98. The van der Waals surface area contributed by atoms with Crippen LogP contribution in [0.15, 0.2) is 78.1 Å². The monoisotopic (exact) mass is 714 g/mol. The molecule has 0 radical (unpaired) electrons. The van der Waals surface area contributed by atoms with Gasteiger partial charge in [0.15, 0.2) is 0 Å². The van der Waals surface area contributed by atoms with Crippen molar-refractivity contribution in [3.8, 4) is 11.3 Å². The highest BCUT2D eigenvalue weighted by Crippen LogP contribution is 2.45. The Bertz CT molecular complexity index is 1710. The van der Waals surface area contributed by atoms with Crippen molar-refractivity contribution in [2.24, 2.45) is 9.98 Å². The van der Waals surface area contributed by atoms with Gasteiger partial charge in [0.25, 0.3) is 0 Å². The average molecular weight is 717 g/mol. The molecule has 0 unspecified atom stereocenters. The second kappa shape index (κ2) is 12.9. The summed E-state index contributed by atoms with van der Waals surface area (Å²) < 4.78 is 8.58. The Morgan fingerprint density at radius 1 is 0.523 bits per heavy atom. The fourth-order valence-electron chi connectivity index (χ4n) is 6.12. The smallest absolute Gasteiger partial charge is 0.144 e. The third-order valence-electron chi connectivity index (χ3n) is 8.53. The third-order valence-corrected chi connectivity index (χ3v) is 9.45. The van der Waals surface area contributed by atoms with Crippen molar-refractivity contribution in [1.29, 1.82) is 0 Å². The van der Waals surface area contributed by atoms with Gasteiger partial charge in [-0.1, -0.05) is 125 Å². The van der Waals surface area contributed by atoms with Gasteiger partial charge in [-0.25, -0.2) is 9.98 Å². The van der Waals surface area contributed by atoms with Crippen LogP contribution in [0.25, 0.3) is 11.3 Å². The molecule has 1 heterocycles. The topological polar surface area (TPSA) is 37.9 Å². The quantitative estimate of drug-likeness (QED) is 0.188. The molecule has 5 heteroatoms. The highest BCUT2D eigenvalue weighted by atomic mass is 79.9. The van der Waals surface area contributed by atoms with E-state index in [2.05, 4.69) is 150 Å². The first-order chi connectivity index (χ1) is 20.8. The molecular weight excluding hydrogens is 672 g/mol. The van der Waals surface area contributed by atoms with Crippen LogP contribution in [0.4, 0.5) is 11.4 Å². The van der Waals surface area contributed by atoms with Crippen molar-refractivity contribution in [3.63, 3.8) is 0 Å². The predicted octanol–water partition coefficient (Wildman–Crippen LogP) is 13.3. The summed E-state index contributed by atoms with van der Waals surface area (Å²) in [7, 11) is 0. The molecule has 0 bridgehead atoms. The first kappa shape index (κ1) is 32.6. The van der Waals surface area contributed by atoms with E-state index in [1.807, 2.05) is 6.26 Å². The van der Waals surface area contributed by atoms with Crippen LogP contribution in [0.2, 0.25) is 0 Å². The minimum absolute atomic E-state index is 0.253. The number of fused-ring (bicyclic) bond motifs is 3. The molecule has 0 saturated carbocycles. The van der Waals surface area contributed by atoms with E-state index in [4.69, 9.17) is 14.4 Å². The Hall–Kier alpha value is -2.76. The van der Waals surface area contributed by atoms with E-state index in [0.29, 0.717) is 23.7 Å². The molecule has 0 fully saturated rings. The van der Waals surface area contributed by atoms with Crippen molar-refractivity contribution in [1.82, 2.24) is 0 Å². The second-order valence-electron chi connectivity index (χ2n) is 13.5. The van der Waals surface area contributed by atoms with Gasteiger partial charge >= 0.3 is 0 Å². The van der Waals surface area contributed by atoms with E-state index in [1.54, 1.807) is 0 Å². The van der Waals surface area contributed by atoms with E-state index in [9.17, 15) is 0 Å². The van der Waals surface area contributed by atoms with Gasteiger partial charge in [-0.3, -0.25) is 0 Å². The van der Waals surface area contributed by atoms with E-state index in [0.717, 1.165) is 59.8 Å². The number of benzene rings is 3. The number of hydrogen-bond acceptors (Lipinski definition) is 3. The van der Waals surface area contributed by atoms with E-state index >= 15 is 0 Å². The maximum absolute atomic E-state index is 6.41. The van der Waals surface area contributed by atoms with Crippen molar-refractivity contribution < 1.29 is 4.42 Å². The van der Waals surface area contributed by atoms with Gasteiger partial charge in [0.05, 0.1) is 28.9 Å². The summed E-state index contributed by atoms with van der Waals surface area (Å²) >= 11 is 7.59. The lowest BCUT2D eigenvalue weighted by atomic mass is 9.83. The zero-order valence-electron chi connectivity index (χ0n) is 27.6. The van der Waals surface area contributed by atoms with Crippen LogP contribution in [0.5, 0.6) is 0 Å². The first-order valence-corrected chi connectivity index (χ1v) is 17.4. The molecule has 0 spiro atoms. The van der Waals surface area contributed by atoms with E-state index in [-0.39, 0.29) is 5.92 Å². The summed E-state index contributed by atoms with van der Waals surface area (Å²) in [5.41, 5.74) is 13.1. The van der Waals surface area contributed by atoms with Gasteiger partial charge in [-0.15, -0.1) is 0 Å². The van der Waals surface area contributed by atoms with Gasteiger partial charge in [0.1, 0.15) is 11.5 Å². The molecule has 5 rings (SSSR count). The number of furan rings is 1. The minimum Gasteiger partial charge on any atom is -0.463 e. The van der Waals surface area contributed by atoms with Crippen molar-refractivity contribution in [2.75, 3.05) is 0 Å². The lowest BCUT2D eigenvalue weighted by Crippen LogP contribution is -2.24. The van der Waals surface area contributed by atoms with Crippen LogP contribution in [0.1, 0.15) is 138 Å². The molecule has 1 aliphatic rings. The summed E-state index contributed by atoms with van der Waals surface area (Å²) in [4.78, 5) is 11.4. The summed E-state index contributed by atoms with van der Waals surface area (Å²) in [5.74, 6) is 2.31. The van der Waals surface area contributed by atoms with Gasteiger partial charge in [0.2, 0.25) is 0 Å². The van der Waals surface area contributed by atoms with Crippen LogP contribution in [-0.2, 0) is 0 Å². The average Bonchev–Trinajstić information content (AvgIpc) is 3.41. The van der Waals surface area contributed by atoms with Crippen LogP contribution >= 0.6 is 31.9 Å². The van der Waals surface area contributed by atoms with Crippen LogP contribution in [0.3, 0.4) is 0 Å². The Morgan fingerprint density at radius 2 is 0.909 bits per heavy atom. The largest absolute Gasteiger partial charge is 0.463 e. The number of rotatable bonds is 7. The van der Waals surface area contributed by atoms with E-state index < -0.39 is 0 Å². The molecule has 4 aromatic rings. The zero-order valence-corrected chi connectivity index (χ0v) is 30.8. The highest BCUT2D eigenvalue weighted by molar-refractivity contribution is 9.10. The van der Waals surface area contributed by atoms with Gasteiger partial charge < -0.3 is 4.42 Å². The third kappa shape index (κ3) is 6.07. The first-order valence-electron chi connectivity index (χ1n) is 15.9. The Morgan fingerprint density at radius 3 is 1.32 bits per heavy atom. The second-order valence-corrected chi connectivity index (χ2v) is 15.3. The molecule has 44 heavy (non-hydrogen) atoms. The Labute approximate surface area is 280 Å². The number of halogens is 2. The molecule has 1 aliphatic carbocycles. The minimum atomic E-state index is 0.253. The lowest BCUT2D eigenvalue weighted by Gasteiger charge is -2.25. The molecule has 0 saturated heterocycles. The molecule has 230 valence electrons. The molecule has 1 aromatic heterocycles. The van der Waals surface area contributed by atoms with E-state index in [1.165, 1.54) is 22.3 Å².